The van der Waals surface area contributed by atoms with Gasteiger partial charge in [0.05, 0.1) is 18.4 Å². The summed E-state index contributed by atoms with van der Waals surface area (Å²) >= 11 is 1.38. The lowest BCUT2D eigenvalue weighted by molar-refractivity contribution is 0.281. The maximum absolute atomic E-state index is 9.04. The lowest BCUT2D eigenvalue weighted by Gasteiger charge is -2.04. The van der Waals surface area contributed by atoms with Crippen molar-refractivity contribution in [3.05, 3.63) is 47.9 Å². The molecule has 17 heavy (non-hydrogen) atoms. The van der Waals surface area contributed by atoms with E-state index >= 15 is 0 Å². The van der Waals surface area contributed by atoms with Crippen LogP contribution in [0.2, 0.25) is 0 Å². The van der Waals surface area contributed by atoms with Gasteiger partial charge in [0.1, 0.15) is 11.1 Å². The first-order valence-electron chi connectivity index (χ1n) is 4.91. The van der Waals surface area contributed by atoms with Crippen LogP contribution in [0.15, 0.2) is 46.7 Å². The molecule has 4 nitrogen and oxygen atoms in total. The first kappa shape index (κ1) is 11.6. The van der Waals surface area contributed by atoms with E-state index in [9.17, 15) is 0 Å². The second-order valence-electron chi connectivity index (χ2n) is 3.25. The van der Waals surface area contributed by atoms with E-state index in [0.717, 1.165) is 15.5 Å². The average Bonchev–Trinajstić information content (AvgIpc) is 2.40. The van der Waals surface area contributed by atoms with Gasteiger partial charge in [-0.25, -0.2) is 4.98 Å². The Morgan fingerprint density at radius 3 is 2.88 bits per heavy atom. The Hall–Kier alpha value is -1.90. The molecule has 2 aromatic rings. The van der Waals surface area contributed by atoms with Crippen LogP contribution in [0.1, 0.15) is 11.1 Å². The molecule has 0 fully saturated rings. The Kier molecular flexibility index (Phi) is 3.70. The van der Waals surface area contributed by atoms with Gasteiger partial charge in [-0.3, -0.25) is 4.98 Å². The van der Waals surface area contributed by atoms with Gasteiger partial charge >= 0.3 is 0 Å². The predicted molar refractivity (Wildman–Crippen MR) is 63.2 cm³/mol. The topological polar surface area (TPSA) is 69.8 Å². The van der Waals surface area contributed by atoms with Gasteiger partial charge in [-0.2, -0.15) is 5.26 Å². The molecule has 0 aliphatic rings. The third kappa shape index (κ3) is 2.81. The molecule has 1 aromatic carbocycles. The van der Waals surface area contributed by atoms with Crippen LogP contribution in [0.4, 0.5) is 0 Å². The molecule has 2 rings (SSSR count). The van der Waals surface area contributed by atoms with E-state index in [1.807, 2.05) is 6.07 Å². The smallest absolute Gasteiger partial charge is 0.119 e. The zero-order valence-corrected chi connectivity index (χ0v) is 9.68. The molecule has 1 N–H and O–H groups in total. The molecule has 0 saturated carbocycles. The molecular formula is C12H9N3OS. The van der Waals surface area contributed by atoms with Crippen LogP contribution in [0, 0.1) is 11.3 Å². The number of aliphatic hydroxyl groups excluding tert-OH is 1. The third-order valence-corrected chi connectivity index (χ3v) is 3.10. The van der Waals surface area contributed by atoms with E-state index in [0.29, 0.717) is 5.56 Å². The van der Waals surface area contributed by atoms with Crippen molar-refractivity contribution in [1.29, 1.82) is 5.26 Å². The van der Waals surface area contributed by atoms with E-state index in [1.165, 1.54) is 11.8 Å². The third-order valence-electron chi connectivity index (χ3n) is 2.10. The number of hydrogen-bond acceptors (Lipinski definition) is 5. The largest absolute Gasteiger partial charge is 0.392 e. The predicted octanol–water partition coefficient (Wildman–Crippen LogP) is 1.99. The molecule has 0 aliphatic carbocycles. The fraction of sp³-hybridized carbons (Fsp3) is 0.0833. The van der Waals surface area contributed by atoms with Gasteiger partial charge in [0.2, 0.25) is 0 Å². The van der Waals surface area contributed by atoms with Gasteiger partial charge in [0, 0.05) is 17.3 Å². The first-order chi connectivity index (χ1) is 8.33. The van der Waals surface area contributed by atoms with Crippen LogP contribution >= 0.6 is 11.8 Å². The molecule has 0 radical (unpaired) electrons. The van der Waals surface area contributed by atoms with Crippen molar-refractivity contribution in [1.82, 2.24) is 9.97 Å². The van der Waals surface area contributed by atoms with Gasteiger partial charge < -0.3 is 5.11 Å². The minimum absolute atomic E-state index is 0.0647. The van der Waals surface area contributed by atoms with Crippen LogP contribution in [-0.4, -0.2) is 15.1 Å². The summed E-state index contributed by atoms with van der Waals surface area (Å²) in [4.78, 5) is 8.91. The molecule has 0 bridgehead atoms. The fourth-order valence-corrected chi connectivity index (χ4v) is 2.11. The van der Waals surface area contributed by atoms with Crippen LogP contribution in [0.25, 0.3) is 0 Å². The number of aromatic nitrogens is 2. The Morgan fingerprint density at radius 2 is 2.24 bits per heavy atom. The Bertz CT molecular complexity index is 551. The van der Waals surface area contributed by atoms with Crippen molar-refractivity contribution >= 4 is 11.8 Å². The highest BCUT2D eigenvalue weighted by molar-refractivity contribution is 7.99. The number of rotatable bonds is 3. The minimum atomic E-state index is -0.0647. The molecule has 0 saturated heterocycles. The van der Waals surface area contributed by atoms with Crippen molar-refractivity contribution in [2.45, 2.75) is 16.5 Å². The van der Waals surface area contributed by atoms with Gasteiger partial charge in [-0.1, -0.05) is 17.8 Å². The summed E-state index contributed by atoms with van der Waals surface area (Å²) in [6.07, 6.45) is 4.85. The standard InChI is InChI=1S/C12H9N3OS/c13-6-10-5-9(8-16)1-2-11(10)17-12-7-14-3-4-15-12/h1-5,7,16H,8H2. The highest BCUT2D eigenvalue weighted by Gasteiger charge is 2.06. The van der Waals surface area contributed by atoms with Crippen LogP contribution < -0.4 is 0 Å². The molecule has 1 aromatic heterocycles. The highest BCUT2D eigenvalue weighted by Crippen LogP contribution is 2.28. The lowest BCUT2D eigenvalue weighted by atomic mass is 10.1. The van der Waals surface area contributed by atoms with E-state index < -0.39 is 0 Å². The van der Waals surface area contributed by atoms with Gasteiger partial charge in [-0.05, 0) is 17.7 Å². The summed E-state index contributed by atoms with van der Waals surface area (Å²) in [6.45, 7) is -0.0647. The molecule has 0 unspecified atom stereocenters. The summed E-state index contributed by atoms with van der Waals surface area (Å²) in [5.74, 6) is 0. The Balaban J connectivity index is 2.31. The second kappa shape index (κ2) is 5.43. The summed E-state index contributed by atoms with van der Waals surface area (Å²) in [7, 11) is 0. The number of benzene rings is 1. The quantitative estimate of drug-likeness (QED) is 0.892. The number of nitrogens with zero attached hydrogens (tertiary/aromatic N) is 3. The highest BCUT2D eigenvalue weighted by atomic mass is 32.2. The molecule has 0 spiro atoms. The maximum atomic E-state index is 9.04. The summed E-state index contributed by atoms with van der Waals surface area (Å²) in [6, 6.07) is 7.39. The Morgan fingerprint density at radius 1 is 1.35 bits per heavy atom. The van der Waals surface area contributed by atoms with Crippen LogP contribution in [0.5, 0.6) is 0 Å². The summed E-state index contributed by atoms with van der Waals surface area (Å²) in [5, 5.41) is 18.8. The monoisotopic (exact) mass is 243 g/mol. The zero-order chi connectivity index (χ0) is 12.1. The first-order valence-corrected chi connectivity index (χ1v) is 5.73. The number of hydrogen-bond donors (Lipinski definition) is 1. The van der Waals surface area contributed by atoms with Crippen molar-refractivity contribution in [3.8, 4) is 6.07 Å². The SMILES string of the molecule is N#Cc1cc(CO)ccc1Sc1cnccn1. The molecule has 0 atom stereocenters. The molecular weight excluding hydrogens is 234 g/mol. The summed E-state index contributed by atoms with van der Waals surface area (Å²) < 4.78 is 0. The van der Waals surface area contributed by atoms with Gasteiger partial charge in [0.15, 0.2) is 0 Å². The average molecular weight is 243 g/mol. The van der Waals surface area contributed by atoms with Gasteiger partial charge in [0.25, 0.3) is 0 Å². The fourth-order valence-electron chi connectivity index (χ4n) is 1.30. The summed E-state index contributed by atoms with van der Waals surface area (Å²) in [5.41, 5.74) is 1.26. The molecule has 1 heterocycles. The van der Waals surface area contributed by atoms with E-state index in [-0.39, 0.29) is 6.61 Å². The van der Waals surface area contributed by atoms with E-state index in [1.54, 1.807) is 30.7 Å². The molecule has 0 amide bonds. The lowest BCUT2D eigenvalue weighted by Crippen LogP contribution is -1.88. The Labute approximate surface area is 103 Å². The van der Waals surface area contributed by atoms with Crippen molar-refractivity contribution in [2.24, 2.45) is 0 Å². The maximum Gasteiger partial charge on any atom is 0.119 e. The van der Waals surface area contributed by atoms with Gasteiger partial charge in [-0.15, -0.1) is 0 Å². The normalized spacial score (nSPS) is 9.88. The minimum Gasteiger partial charge on any atom is -0.392 e. The van der Waals surface area contributed by atoms with Crippen molar-refractivity contribution < 1.29 is 5.11 Å². The molecule has 84 valence electrons. The van der Waals surface area contributed by atoms with E-state index in [2.05, 4.69) is 16.0 Å². The van der Waals surface area contributed by atoms with E-state index in [4.69, 9.17) is 10.4 Å². The zero-order valence-electron chi connectivity index (χ0n) is 8.87. The second-order valence-corrected chi connectivity index (χ2v) is 4.31. The van der Waals surface area contributed by atoms with Crippen LogP contribution in [-0.2, 0) is 6.61 Å². The van der Waals surface area contributed by atoms with Crippen molar-refractivity contribution in [2.75, 3.05) is 0 Å². The molecule has 0 aliphatic heterocycles. The molecule has 5 heteroatoms. The number of aliphatic hydroxyl groups is 1. The number of nitriles is 1. The van der Waals surface area contributed by atoms with Crippen molar-refractivity contribution in [3.63, 3.8) is 0 Å². The van der Waals surface area contributed by atoms with Crippen LogP contribution in [0.3, 0.4) is 0 Å².